The lowest BCUT2D eigenvalue weighted by molar-refractivity contribution is -0.120. The standard InChI is InChI=1S/C13H15Br3N2O/c14-8-4-10(15)12(11(16)5-8)18-13(19)9-3-1-2-7(9)6-17/h4-5,7,9H,1-3,6,17H2,(H,18,19). The molecule has 3 nitrogen and oxygen atoms in total. The van der Waals surface area contributed by atoms with E-state index in [-0.39, 0.29) is 11.8 Å². The molecule has 1 aliphatic carbocycles. The molecule has 1 amide bonds. The number of nitrogens with two attached hydrogens (primary N) is 1. The van der Waals surface area contributed by atoms with Crippen LogP contribution in [0, 0.1) is 11.8 Å². The van der Waals surface area contributed by atoms with Gasteiger partial charge in [0, 0.05) is 19.3 Å². The van der Waals surface area contributed by atoms with Crippen molar-refractivity contribution in [2.45, 2.75) is 19.3 Å². The van der Waals surface area contributed by atoms with Gasteiger partial charge in [-0.25, -0.2) is 0 Å². The summed E-state index contributed by atoms with van der Waals surface area (Å²) in [6, 6.07) is 3.82. The minimum absolute atomic E-state index is 0.0347. The molecule has 19 heavy (non-hydrogen) atoms. The van der Waals surface area contributed by atoms with Gasteiger partial charge in [-0.15, -0.1) is 0 Å². The number of amides is 1. The number of hydrogen-bond acceptors (Lipinski definition) is 2. The van der Waals surface area contributed by atoms with Crippen molar-refractivity contribution in [2.24, 2.45) is 17.6 Å². The first-order valence-electron chi connectivity index (χ1n) is 6.18. The lowest BCUT2D eigenvalue weighted by Gasteiger charge is -2.18. The number of benzene rings is 1. The summed E-state index contributed by atoms with van der Waals surface area (Å²) in [4.78, 5) is 12.4. The van der Waals surface area contributed by atoms with Gasteiger partial charge in [0.05, 0.1) is 5.69 Å². The van der Waals surface area contributed by atoms with Crippen molar-refractivity contribution in [3.05, 3.63) is 25.6 Å². The lowest BCUT2D eigenvalue weighted by Crippen LogP contribution is -2.30. The van der Waals surface area contributed by atoms with Crippen LogP contribution in [0.5, 0.6) is 0 Å². The smallest absolute Gasteiger partial charge is 0.227 e. The van der Waals surface area contributed by atoms with Gasteiger partial charge < -0.3 is 11.1 Å². The molecule has 6 heteroatoms. The van der Waals surface area contributed by atoms with Crippen LogP contribution in [0.4, 0.5) is 5.69 Å². The Morgan fingerprint density at radius 1 is 1.26 bits per heavy atom. The zero-order valence-electron chi connectivity index (χ0n) is 10.3. The molecule has 0 saturated heterocycles. The highest BCUT2D eigenvalue weighted by molar-refractivity contribution is 9.11. The second kappa shape index (κ2) is 6.70. The van der Waals surface area contributed by atoms with Crippen molar-refractivity contribution < 1.29 is 4.79 Å². The largest absolute Gasteiger partial charge is 0.330 e. The average Bonchev–Trinajstić information content (AvgIpc) is 2.81. The van der Waals surface area contributed by atoms with E-state index in [1.807, 2.05) is 12.1 Å². The van der Waals surface area contributed by atoms with E-state index in [0.29, 0.717) is 12.5 Å². The number of nitrogens with one attached hydrogen (secondary N) is 1. The van der Waals surface area contributed by atoms with Crippen LogP contribution in [-0.4, -0.2) is 12.5 Å². The first kappa shape index (κ1) is 15.5. The van der Waals surface area contributed by atoms with Crippen molar-refractivity contribution >= 4 is 59.4 Å². The van der Waals surface area contributed by atoms with Crippen molar-refractivity contribution in [3.63, 3.8) is 0 Å². The predicted molar refractivity (Wildman–Crippen MR) is 88.1 cm³/mol. The maximum Gasteiger partial charge on any atom is 0.227 e. The van der Waals surface area contributed by atoms with Crippen molar-refractivity contribution in [1.29, 1.82) is 0 Å². The topological polar surface area (TPSA) is 55.1 Å². The number of carbonyl (C=O) groups is 1. The normalized spacial score (nSPS) is 22.5. The third kappa shape index (κ3) is 3.60. The fraction of sp³-hybridized carbons (Fsp3) is 0.462. The number of anilines is 1. The van der Waals surface area contributed by atoms with E-state index in [1.54, 1.807) is 0 Å². The van der Waals surface area contributed by atoms with E-state index >= 15 is 0 Å². The second-order valence-electron chi connectivity index (χ2n) is 4.77. The third-order valence-corrected chi connectivity index (χ3v) is 5.26. The fourth-order valence-electron chi connectivity index (χ4n) is 2.54. The first-order valence-corrected chi connectivity index (χ1v) is 8.56. The molecule has 2 rings (SSSR count). The molecular weight excluding hydrogens is 440 g/mol. The molecule has 1 saturated carbocycles. The van der Waals surface area contributed by atoms with Crippen molar-refractivity contribution in [1.82, 2.24) is 0 Å². The van der Waals surface area contributed by atoms with Crippen LogP contribution in [0.3, 0.4) is 0 Å². The Kier molecular flexibility index (Phi) is 5.45. The van der Waals surface area contributed by atoms with E-state index < -0.39 is 0 Å². The highest BCUT2D eigenvalue weighted by Crippen LogP contribution is 2.37. The summed E-state index contributed by atoms with van der Waals surface area (Å²) in [6.07, 6.45) is 3.07. The van der Waals surface area contributed by atoms with Crippen LogP contribution in [0.15, 0.2) is 25.6 Å². The second-order valence-corrected chi connectivity index (χ2v) is 7.39. The Hall–Kier alpha value is 0.0900. The molecule has 1 aliphatic rings. The molecule has 1 fully saturated rings. The molecule has 0 aliphatic heterocycles. The van der Waals surface area contributed by atoms with E-state index in [9.17, 15) is 4.79 Å². The highest BCUT2D eigenvalue weighted by Gasteiger charge is 2.32. The van der Waals surface area contributed by atoms with E-state index in [0.717, 1.165) is 38.4 Å². The molecule has 0 radical (unpaired) electrons. The van der Waals surface area contributed by atoms with E-state index in [1.165, 1.54) is 0 Å². The van der Waals surface area contributed by atoms with Crippen molar-refractivity contribution in [2.75, 3.05) is 11.9 Å². The zero-order chi connectivity index (χ0) is 14.0. The number of rotatable bonds is 3. The number of hydrogen-bond donors (Lipinski definition) is 2. The molecule has 2 unspecified atom stereocenters. The van der Waals surface area contributed by atoms with Gasteiger partial charge in [0.15, 0.2) is 0 Å². The summed E-state index contributed by atoms with van der Waals surface area (Å²) in [5.74, 6) is 0.414. The zero-order valence-corrected chi connectivity index (χ0v) is 15.0. The molecule has 104 valence electrons. The summed E-state index contributed by atoms with van der Waals surface area (Å²) in [5.41, 5.74) is 6.50. The summed E-state index contributed by atoms with van der Waals surface area (Å²) in [6.45, 7) is 0.584. The maximum atomic E-state index is 12.4. The van der Waals surface area contributed by atoms with Gasteiger partial charge >= 0.3 is 0 Å². The Morgan fingerprint density at radius 3 is 2.47 bits per heavy atom. The minimum Gasteiger partial charge on any atom is -0.330 e. The van der Waals surface area contributed by atoms with Crippen LogP contribution >= 0.6 is 47.8 Å². The van der Waals surface area contributed by atoms with E-state index in [4.69, 9.17) is 5.73 Å². The third-order valence-electron chi connectivity index (χ3n) is 3.55. The number of halogens is 3. The Morgan fingerprint density at radius 2 is 1.89 bits per heavy atom. The highest BCUT2D eigenvalue weighted by atomic mass is 79.9. The van der Waals surface area contributed by atoms with Crippen LogP contribution in [0.2, 0.25) is 0 Å². The number of carbonyl (C=O) groups excluding carboxylic acids is 1. The van der Waals surface area contributed by atoms with Crippen molar-refractivity contribution in [3.8, 4) is 0 Å². The first-order chi connectivity index (χ1) is 9.02. The van der Waals surface area contributed by atoms with Gasteiger partial charge in [0.2, 0.25) is 5.91 Å². The Labute approximate surface area is 138 Å². The molecule has 0 bridgehead atoms. The molecule has 1 aromatic rings. The molecular formula is C13H15Br3N2O. The summed E-state index contributed by atoms with van der Waals surface area (Å²) in [7, 11) is 0. The SMILES string of the molecule is NCC1CCCC1C(=O)Nc1c(Br)cc(Br)cc1Br. The van der Waals surface area contributed by atoms with Gasteiger partial charge in [0.25, 0.3) is 0 Å². The van der Waals surface area contributed by atoms with E-state index in [2.05, 4.69) is 53.1 Å². The monoisotopic (exact) mass is 452 g/mol. The predicted octanol–water partition coefficient (Wildman–Crippen LogP) is 4.29. The quantitative estimate of drug-likeness (QED) is 0.716. The molecule has 0 spiro atoms. The summed E-state index contributed by atoms with van der Waals surface area (Å²) >= 11 is 10.3. The summed E-state index contributed by atoms with van der Waals surface area (Å²) in [5, 5.41) is 3.00. The Balaban J connectivity index is 2.15. The van der Waals surface area contributed by atoms with Gasteiger partial charge in [-0.1, -0.05) is 22.4 Å². The molecule has 1 aromatic carbocycles. The lowest BCUT2D eigenvalue weighted by atomic mass is 9.95. The van der Waals surface area contributed by atoms with Gasteiger partial charge in [0.1, 0.15) is 0 Å². The molecule has 2 atom stereocenters. The minimum atomic E-state index is 0.0347. The summed E-state index contributed by atoms with van der Waals surface area (Å²) < 4.78 is 2.65. The van der Waals surface area contributed by atoms with Crippen LogP contribution in [0.1, 0.15) is 19.3 Å². The maximum absolute atomic E-state index is 12.4. The fourth-order valence-corrected chi connectivity index (χ4v) is 5.00. The van der Waals surface area contributed by atoms with Gasteiger partial charge in [-0.3, -0.25) is 4.79 Å². The van der Waals surface area contributed by atoms with Gasteiger partial charge in [-0.05, 0) is 69.3 Å². The van der Waals surface area contributed by atoms with Crippen LogP contribution in [0.25, 0.3) is 0 Å². The Bertz CT molecular complexity index is 470. The van der Waals surface area contributed by atoms with Gasteiger partial charge in [-0.2, -0.15) is 0 Å². The molecule has 0 aromatic heterocycles. The molecule has 3 N–H and O–H groups in total. The van der Waals surface area contributed by atoms with Crippen LogP contribution < -0.4 is 11.1 Å². The average molecular weight is 455 g/mol. The van der Waals surface area contributed by atoms with Crippen LogP contribution in [-0.2, 0) is 4.79 Å². The molecule has 0 heterocycles.